The summed E-state index contributed by atoms with van der Waals surface area (Å²) in [6, 6.07) is 17.2. The van der Waals surface area contributed by atoms with Crippen LogP contribution >= 0.6 is 0 Å². The maximum atomic E-state index is 13.8. The summed E-state index contributed by atoms with van der Waals surface area (Å²) >= 11 is 0. The largest absolute Gasteiger partial charge is 0.345 e. The van der Waals surface area contributed by atoms with Gasteiger partial charge in [-0.1, -0.05) is 30.3 Å². The quantitative estimate of drug-likeness (QED) is 0.775. The van der Waals surface area contributed by atoms with E-state index in [1.165, 1.54) is 6.07 Å². The summed E-state index contributed by atoms with van der Waals surface area (Å²) in [4.78, 5) is 16.3. The van der Waals surface area contributed by atoms with E-state index in [9.17, 15) is 9.18 Å². The lowest BCUT2D eigenvalue weighted by atomic mass is 10.0. The van der Waals surface area contributed by atoms with E-state index in [0.717, 1.165) is 11.1 Å². The van der Waals surface area contributed by atoms with Crippen LogP contribution in [0.5, 0.6) is 0 Å². The van der Waals surface area contributed by atoms with Crippen LogP contribution in [-0.4, -0.2) is 10.9 Å². The fourth-order valence-corrected chi connectivity index (χ4v) is 2.54. The van der Waals surface area contributed by atoms with Gasteiger partial charge in [-0.25, -0.2) is 4.39 Å². The summed E-state index contributed by atoms with van der Waals surface area (Å²) in [5.41, 5.74) is 3.06. The molecule has 0 aliphatic rings. The summed E-state index contributed by atoms with van der Waals surface area (Å²) in [7, 11) is 0. The first kappa shape index (κ1) is 15.9. The van der Waals surface area contributed by atoms with Crippen LogP contribution in [0.3, 0.4) is 0 Å². The van der Waals surface area contributed by atoms with Gasteiger partial charge in [0.2, 0.25) is 0 Å². The zero-order chi connectivity index (χ0) is 16.9. The van der Waals surface area contributed by atoms with Gasteiger partial charge in [-0.2, -0.15) is 0 Å². The molecule has 0 bridgehead atoms. The average Bonchev–Trinajstić information content (AvgIpc) is 2.63. The number of aromatic nitrogens is 1. The van der Waals surface area contributed by atoms with E-state index < -0.39 is 6.04 Å². The second-order valence-corrected chi connectivity index (χ2v) is 5.53. The molecule has 1 aromatic heterocycles. The van der Waals surface area contributed by atoms with Gasteiger partial charge in [0, 0.05) is 23.5 Å². The number of amides is 1. The molecular formula is C20H17FN2O. The molecular weight excluding hydrogens is 303 g/mol. The molecule has 3 nitrogen and oxygen atoms in total. The molecule has 0 aliphatic heterocycles. The fraction of sp³-hybridized carbons (Fsp3) is 0.100. The Kier molecular flexibility index (Phi) is 4.66. The van der Waals surface area contributed by atoms with E-state index in [0.29, 0.717) is 11.1 Å². The van der Waals surface area contributed by atoms with Crippen LogP contribution in [0.25, 0.3) is 11.1 Å². The number of carbonyl (C=O) groups is 1. The lowest BCUT2D eigenvalue weighted by Gasteiger charge is -2.15. The summed E-state index contributed by atoms with van der Waals surface area (Å²) in [5, 5.41) is 2.82. The van der Waals surface area contributed by atoms with Crippen molar-refractivity contribution in [3.05, 3.63) is 90.0 Å². The van der Waals surface area contributed by atoms with Crippen molar-refractivity contribution in [1.29, 1.82) is 0 Å². The number of rotatable bonds is 4. The highest BCUT2D eigenvalue weighted by Crippen LogP contribution is 2.20. The standard InChI is InChI=1S/C20H17FN2O/c1-14(18-4-2-3-5-19(18)21)23-20(24)17-8-6-15(7-9-17)16-10-12-22-13-11-16/h2-14H,1H3,(H,23,24)/t14-/m1/s1. The Morgan fingerprint density at radius 3 is 2.25 bits per heavy atom. The van der Waals surface area contributed by atoms with Crippen LogP contribution < -0.4 is 5.32 Å². The smallest absolute Gasteiger partial charge is 0.251 e. The van der Waals surface area contributed by atoms with Crippen LogP contribution in [0.4, 0.5) is 4.39 Å². The molecule has 0 aliphatic carbocycles. The first-order valence-electron chi connectivity index (χ1n) is 7.71. The van der Waals surface area contributed by atoms with Gasteiger partial charge in [-0.3, -0.25) is 9.78 Å². The number of hydrogen-bond acceptors (Lipinski definition) is 2. The van der Waals surface area contributed by atoms with Gasteiger partial charge in [-0.15, -0.1) is 0 Å². The molecule has 120 valence electrons. The maximum Gasteiger partial charge on any atom is 0.251 e. The van der Waals surface area contributed by atoms with Gasteiger partial charge < -0.3 is 5.32 Å². The molecule has 1 heterocycles. The van der Waals surface area contributed by atoms with Crippen molar-refractivity contribution >= 4 is 5.91 Å². The number of carbonyl (C=O) groups excluding carboxylic acids is 1. The molecule has 0 fully saturated rings. The van der Waals surface area contributed by atoms with Crippen LogP contribution in [0.2, 0.25) is 0 Å². The van der Waals surface area contributed by atoms with Gasteiger partial charge >= 0.3 is 0 Å². The van der Waals surface area contributed by atoms with Gasteiger partial charge in [-0.05, 0) is 48.4 Å². The van der Waals surface area contributed by atoms with Crippen LogP contribution in [0.1, 0.15) is 28.9 Å². The highest BCUT2D eigenvalue weighted by molar-refractivity contribution is 5.94. The van der Waals surface area contributed by atoms with Crippen LogP contribution in [-0.2, 0) is 0 Å². The SMILES string of the molecule is C[C@@H](NC(=O)c1ccc(-c2ccncc2)cc1)c1ccccc1F. The Morgan fingerprint density at radius 1 is 0.958 bits per heavy atom. The zero-order valence-corrected chi connectivity index (χ0v) is 13.2. The van der Waals surface area contributed by atoms with E-state index in [1.54, 1.807) is 49.6 Å². The van der Waals surface area contributed by atoms with Crippen molar-refractivity contribution in [3.63, 3.8) is 0 Å². The first-order chi connectivity index (χ1) is 11.6. The van der Waals surface area contributed by atoms with Crippen molar-refractivity contribution in [2.45, 2.75) is 13.0 Å². The number of benzene rings is 2. The van der Waals surface area contributed by atoms with Gasteiger partial charge in [0.05, 0.1) is 6.04 Å². The summed E-state index contributed by atoms with van der Waals surface area (Å²) in [5.74, 6) is -0.551. The van der Waals surface area contributed by atoms with Crippen LogP contribution in [0.15, 0.2) is 73.1 Å². The van der Waals surface area contributed by atoms with Crippen molar-refractivity contribution < 1.29 is 9.18 Å². The van der Waals surface area contributed by atoms with E-state index in [1.807, 2.05) is 24.3 Å². The molecule has 0 spiro atoms. The van der Waals surface area contributed by atoms with Gasteiger partial charge in [0.15, 0.2) is 0 Å². The molecule has 3 rings (SSSR count). The predicted octanol–water partition coefficient (Wildman–Crippen LogP) is 4.38. The minimum absolute atomic E-state index is 0.230. The molecule has 2 aromatic carbocycles. The van der Waals surface area contributed by atoms with E-state index in [4.69, 9.17) is 0 Å². The molecule has 0 radical (unpaired) electrons. The van der Waals surface area contributed by atoms with Crippen molar-refractivity contribution in [2.24, 2.45) is 0 Å². The third kappa shape index (κ3) is 3.49. The normalized spacial score (nSPS) is 11.8. The van der Waals surface area contributed by atoms with E-state index in [2.05, 4.69) is 10.3 Å². The van der Waals surface area contributed by atoms with Crippen molar-refractivity contribution in [3.8, 4) is 11.1 Å². The van der Waals surface area contributed by atoms with Crippen LogP contribution in [0, 0.1) is 5.82 Å². The number of nitrogens with one attached hydrogen (secondary N) is 1. The summed E-state index contributed by atoms with van der Waals surface area (Å²) < 4.78 is 13.8. The number of halogens is 1. The first-order valence-corrected chi connectivity index (χ1v) is 7.71. The molecule has 1 amide bonds. The second kappa shape index (κ2) is 7.04. The molecule has 0 saturated heterocycles. The summed E-state index contributed by atoms with van der Waals surface area (Å²) in [6.45, 7) is 1.77. The fourth-order valence-electron chi connectivity index (χ4n) is 2.54. The maximum absolute atomic E-state index is 13.8. The predicted molar refractivity (Wildman–Crippen MR) is 92.0 cm³/mol. The minimum Gasteiger partial charge on any atom is -0.345 e. The highest BCUT2D eigenvalue weighted by Gasteiger charge is 2.14. The Morgan fingerprint density at radius 2 is 1.58 bits per heavy atom. The average molecular weight is 320 g/mol. The molecule has 24 heavy (non-hydrogen) atoms. The van der Waals surface area contributed by atoms with Gasteiger partial charge in [0.25, 0.3) is 5.91 Å². The van der Waals surface area contributed by atoms with Crippen molar-refractivity contribution in [1.82, 2.24) is 10.3 Å². The van der Waals surface area contributed by atoms with E-state index >= 15 is 0 Å². The topological polar surface area (TPSA) is 42.0 Å². The zero-order valence-electron chi connectivity index (χ0n) is 13.2. The van der Waals surface area contributed by atoms with Crippen molar-refractivity contribution in [2.75, 3.05) is 0 Å². The molecule has 3 aromatic rings. The second-order valence-electron chi connectivity index (χ2n) is 5.53. The lowest BCUT2D eigenvalue weighted by Crippen LogP contribution is -2.27. The molecule has 0 unspecified atom stereocenters. The lowest BCUT2D eigenvalue weighted by molar-refractivity contribution is 0.0939. The number of nitrogens with zero attached hydrogens (tertiary/aromatic N) is 1. The number of hydrogen-bond donors (Lipinski definition) is 1. The Hall–Kier alpha value is -3.01. The van der Waals surface area contributed by atoms with Gasteiger partial charge in [0.1, 0.15) is 5.82 Å². The van der Waals surface area contributed by atoms with E-state index in [-0.39, 0.29) is 11.7 Å². The molecule has 1 N–H and O–H groups in total. The summed E-state index contributed by atoms with van der Waals surface area (Å²) in [6.07, 6.45) is 3.46. The monoisotopic (exact) mass is 320 g/mol. The minimum atomic E-state index is -0.404. The molecule has 4 heteroatoms. The molecule has 0 saturated carbocycles. The Bertz CT molecular complexity index is 832. The third-order valence-corrected chi connectivity index (χ3v) is 3.88. The Balaban J connectivity index is 1.73. The molecule has 1 atom stereocenters. The third-order valence-electron chi connectivity index (χ3n) is 3.88. The number of pyridine rings is 1. The highest BCUT2D eigenvalue weighted by atomic mass is 19.1. The Labute approximate surface area is 140 Å².